The summed E-state index contributed by atoms with van der Waals surface area (Å²) in [5.41, 5.74) is 12.4. The smallest absolute Gasteiger partial charge is 0.164 e. The van der Waals surface area contributed by atoms with E-state index >= 15 is 0 Å². The lowest BCUT2D eigenvalue weighted by atomic mass is 10.0. The van der Waals surface area contributed by atoms with Crippen LogP contribution >= 0.6 is 0 Å². The molecule has 0 spiro atoms. The Balaban J connectivity index is 0.974. The van der Waals surface area contributed by atoms with Gasteiger partial charge in [-0.05, 0) is 70.8 Å². The van der Waals surface area contributed by atoms with Gasteiger partial charge in [0.1, 0.15) is 11.2 Å². The highest BCUT2D eigenvalue weighted by molar-refractivity contribution is 6.17. The van der Waals surface area contributed by atoms with E-state index in [1.54, 1.807) is 0 Å². The van der Waals surface area contributed by atoms with Crippen LogP contribution in [-0.2, 0) is 0 Å². The molecule has 0 saturated heterocycles. The van der Waals surface area contributed by atoms with Crippen molar-refractivity contribution < 1.29 is 4.42 Å². The van der Waals surface area contributed by atoms with Crippen LogP contribution in [0.1, 0.15) is 0 Å². The van der Waals surface area contributed by atoms with Crippen LogP contribution < -0.4 is 0 Å². The van der Waals surface area contributed by atoms with E-state index in [0.717, 1.165) is 72.1 Å². The Bertz CT molecular complexity index is 3220. The van der Waals surface area contributed by atoms with Gasteiger partial charge in [-0.3, -0.25) is 0 Å². The third-order valence-electron chi connectivity index (χ3n) is 10.7. The molecule has 0 aliphatic rings. The Kier molecular flexibility index (Phi) is 7.42. The molecular formula is C51H32N4O. The van der Waals surface area contributed by atoms with Gasteiger partial charge in [0.15, 0.2) is 17.5 Å². The molecule has 0 bridgehead atoms. The quantitative estimate of drug-likeness (QED) is 0.172. The van der Waals surface area contributed by atoms with Crippen molar-refractivity contribution in [1.82, 2.24) is 19.5 Å². The topological polar surface area (TPSA) is 56.7 Å². The minimum Gasteiger partial charge on any atom is -0.456 e. The molecule has 0 radical (unpaired) electrons. The van der Waals surface area contributed by atoms with Crippen molar-refractivity contribution >= 4 is 43.7 Å². The maximum atomic E-state index is 6.59. The molecule has 5 heteroatoms. The van der Waals surface area contributed by atoms with E-state index in [2.05, 4.69) is 162 Å². The van der Waals surface area contributed by atoms with E-state index in [-0.39, 0.29) is 0 Å². The molecule has 3 aromatic heterocycles. The van der Waals surface area contributed by atoms with Gasteiger partial charge in [-0.25, -0.2) is 15.0 Å². The Morgan fingerprint density at radius 3 is 1.57 bits per heavy atom. The summed E-state index contributed by atoms with van der Waals surface area (Å²) in [6.45, 7) is 0. The second-order valence-electron chi connectivity index (χ2n) is 14.1. The lowest BCUT2D eigenvalue weighted by Gasteiger charge is -2.10. The van der Waals surface area contributed by atoms with Crippen LogP contribution in [0.5, 0.6) is 0 Å². The van der Waals surface area contributed by atoms with Crippen molar-refractivity contribution in [1.29, 1.82) is 0 Å². The number of aromatic nitrogens is 4. The third-order valence-corrected chi connectivity index (χ3v) is 10.7. The van der Waals surface area contributed by atoms with E-state index in [9.17, 15) is 0 Å². The van der Waals surface area contributed by atoms with E-state index in [1.165, 1.54) is 16.3 Å². The molecule has 5 nitrogen and oxygen atoms in total. The van der Waals surface area contributed by atoms with Gasteiger partial charge in [-0.1, -0.05) is 146 Å². The molecule has 0 fully saturated rings. The number of hydrogen-bond acceptors (Lipinski definition) is 4. The van der Waals surface area contributed by atoms with E-state index in [4.69, 9.17) is 19.4 Å². The molecule has 0 saturated carbocycles. The van der Waals surface area contributed by atoms with Crippen LogP contribution in [0, 0.1) is 0 Å². The molecule has 262 valence electrons. The Morgan fingerprint density at radius 2 is 0.821 bits per heavy atom. The van der Waals surface area contributed by atoms with Crippen LogP contribution in [0.4, 0.5) is 0 Å². The summed E-state index contributed by atoms with van der Waals surface area (Å²) in [6.07, 6.45) is 0. The average molecular weight is 717 g/mol. The van der Waals surface area contributed by atoms with Gasteiger partial charge in [-0.15, -0.1) is 0 Å². The highest BCUT2D eigenvalue weighted by atomic mass is 16.3. The third kappa shape index (κ3) is 5.45. The lowest BCUT2D eigenvalue weighted by molar-refractivity contribution is 0.669. The molecule has 11 rings (SSSR count). The molecule has 0 aliphatic carbocycles. The monoisotopic (exact) mass is 716 g/mol. The van der Waals surface area contributed by atoms with Crippen molar-refractivity contribution in [3.05, 3.63) is 194 Å². The first-order valence-electron chi connectivity index (χ1n) is 18.8. The molecule has 0 unspecified atom stereocenters. The van der Waals surface area contributed by atoms with Crippen LogP contribution in [-0.4, -0.2) is 19.5 Å². The van der Waals surface area contributed by atoms with Gasteiger partial charge in [0.05, 0.1) is 11.0 Å². The van der Waals surface area contributed by atoms with Crippen LogP contribution in [0.15, 0.2) is 199 Å². The maximum Gasteiger partial charge on any atom is 0.164 e. The summed E-state index contributed by atoms with van der Waals surface area (Å²) in [7, 11) is 0. The first-order chi connectivity index (χ1) is 27.7. The summed E-state index contributed by atoms with van der Waals surface area (Å²) in [5.74, 6) is 1.89. The normalized spacial score (nSPS) is 11.6. The van der Waals surface area contributed by atoms with Crippen LogP contribution in [0.25, 0.3) is 106 Å². The van der Waals surface area contributed by atoms with Crippen molar-refractivity contribution in [2.45, 2.75) is 0 Å². The number of hydrogen-bond donors (Lipinski definition) is 0. The second-order valence-corrected chi connectivity index (χ2v) is 14.1. The number of nitrogens with zero attached hydrogens (tertiary/aromatic N) is 4. The van der Waals surface area contributed by atoms with Crippen molar-refractivity contribution in [2.24, 2.45) is 0 Å². The van der Waals surface area contributed by atoms with Gasteiger partial charge in [0.2, 0.25) is 0 Å². The van der Waals surface area contributed by atoms with E-state index < -0.39 is 0 Å². The Morgan fingerprint density at radius 1 is 0.304 bits per heavy atom. The van der Waals surface area contributed by atoms with Gasteiger partial charge < -0.3 is 8.98 Å². The predicted molar refractivity (Wildman–Crippen MR) is 229 cm³/mol. The highest BCUT2D eigenvalue weighted by Crippen LogP contribution is 2.39. The fourth-order valence-electron chi connectivity index (χ4n) is 7.90. The summed E-state index contributed by atoms with van der Waals surface area (Å²) in [5, 5.41) is 4.57. The molecule has 0 atom stereocenters. The van der Waals surface area contributed by atoms with Crippen molar-refractivity contribution in [3.63, 3.8) is 0 Å². The van der Waals surface area contributed by atoms with Gasteiger partial charge in [0, 0.05) is 43.9 Å². The fourth-order valence-corrected chi connectivity index (χ4v) is 7.90. The molecule has 0 N–H and O–H groups in total. The summed E-state index contributed by atoms with van der Waals surface area (Å²) < 4.78 is 8.94. The molecule has 3 heterocycles. The predicted octanol–water partition coefficient (Wildman–Crippen LogP) is 13.2. The Hall–Kier alpha value is -7.63. The number of furan rings is 1. The van der Waals surface area contributed by atoms with Crippen LogP contribution in [0.3, 0.4) is 0 Å². The SMILES string of the molecule is c1ccc(-c2cccc(-c3nc(-c4ccccc4)nc(-c4ccc(-c5ccc6c(c5)oc5cc7c8ccccc8n(-c8ccccc8)c7cc56)cc4)n3)c2)cc1. The standard InChI is InChI=1S/C51H32N4O/c1-4-13-33(14-5-1)37-17-12-18-39(29-37)51-53-49(35-15-6-2-7-16-35)52-50(54-51)36-25-23-34(24-26-36)38-27-28-42-44-31-46-43(32-48(44)56-47(42)30-38)41-21-10-11-22-45(41)55(46)40-19-8-3-9-20-40/h1-32H. The molecule has 8 aromatic carbocycles. The van der Waals surface area contributed by atoms with Gasteiger partial charge >= 0.3 is 0 Å². The number of fused-ring (bicyclic) bond motifs is 6. The zero-order valence-electron chi connectivity index (χ0n) is 30.2. The minimum absolute atomic E-state index is 0.623. The number of rotatable bonds is 6. The van der Waals surface area contributed by atoms with Gasteiger partial charge in [-0.2, -0.15) is 0 Å². The second kappa shape index (κ2) is 13.0. The summed E-state index contributed by atoms with van der Waals surface area (Å²) in [4.78, 5) is 15.0. The molecule has 56 heavy (non-hydrogen) atoms. The zero-order chi connectivity index (χ0) is 37.0. The number of benzene rings is 8. The molecule has 0 amide bonds. The highest BCUT2D eigenvalue weighted by Gasteiger charge is 2.17. The van der Waals surface area contributed by atoms with Crippen molar-refractivity contribution in [3.8, 4) is 62.1 Å². The molecule has 0 aliphatic heterocycles. The molecular weight excluding hydrogens is 685 g/mol. The fraction of sp³-hybridized carbons (Fsp3) is 0. The summed E-state index contributed by atoms with van der Waals surface area (Å²) >= 11 is 0. The van der Waals surface area contributed by atoms with Crippen molar-refractivity contribution in [2.75, 3.05) is 0 Å². The molecule has 11 aromatic rings. The number of para-hydroxylation sites is 2. The maximum absolute atomic E-state index is 6.59. The first kappa shape index (κ1) is 31.9. The van der Waals surface area contributed by atoms with Crippen LogP contribution in [0.2, 0.25) is 0 Å². The lowest BCUT2D eigenvalue weighted by Crippen LogP contribution is -2.00. The average Bonchev–Trinajstić information content (AvgIpc) is 3.80. The van der Waals surface area contributed by atoms with E-state index in [1.807, 2.05) is 36.4 Å². The largest absolute Gasteiger partial charge is 0.456 e. The Labute approximate surface area is 322 Å². The summed E-state index contributed by atoms with van der Waals surface area (Å²) in [6, 6.07) is 67.4. The zero-order valence-corrected chi connectivity index (χ0v) is 30.2. The first-order valence-corrected chi connectivity index (χ1v) is 18.8. The van der Waals surface area contributed by atoms with Gasteiger partial charge in [0.25, 0.3) is 0 Å². The minimum atomic E-state index is 0.623. The van der Waals surface area contributed by atoms with E-state index in [0.29, 0.717) is 17.5 Å².